The summed E-state index contributed by atoms with van der Waals surface area (Å²) in [5.41, 5.74) is 3.15. The summed E-state index contributed by atoms with van der Waals surface area (Å²) in [7, 11) is 0. The van der Waals surface area contributed by atoms with Crippen LogP contribution in [0.4, 0.5) is 0 Å². The van der Waals surface area contributed by atoms with E-state index in [1.807, 2.05) is 42.5 Å². The number of aliphatic hydroxyl groups excluding tert-OH is 2. The van der Waals surface area contributed by atoms with E-state index in [2.05, 4.69) is 40.1 Å². The number of halogens is 2. The van der Waals surface area contributed by atoms with Crippen LogP contribution in [0.5, 0.6) is 11.5 Å². The van der Waals surface area contributed by atoms with Gasteiger partial charge in [-0.05, 0) is 58.2 Å². The van der Waals surface area contributed by atoms with Crippen molar-refractivity contribution in [2.24, 2.45) is 0 Å². The first kappa shape index (κ1) is 27.4. The Labute approximate surface area is 218 Å². The van der Waals surface area contributed by atoms with Gasteiger partial charge in [-0.1, -0.05) is 37.3 Å². The molecule has 0 radical (unpaired) electrons. The van der Waals surface area contributed by atoms with Crippen LogP contribution in [0.15, 0.2) is 46.9 Å². The van der Waals surface area contributed by atoms with Gasteiger partial charge in [0.05, 0.1) is 29.2 Å². The second-order valence-corrected chi connectivity index (χ2v) is 10.0. The van der Waals surface area contributed by atoms with Gasteiger partial charge in [0.1, 0.15) is 29.9 Å². The molecule has 0 aliphatic heterocycles. The molecule has 3 aromatic rings. The minimum Gasteiger partial charge on any atom is -0.491 e. The Balaban J connectivity index is 1.60. The molecule has 2 aromatic carbocycles. The maximum absolute atomic E-state index is 10.3. The van der Waals surface area contributed by atoms with Crippen LogP contribution in [0.1, 0.15) is 36.4 Å². The van der Waals surface area contributed by atoms with E-state index in [1.54, 1.807) is 11.6 Å². The second kappa shape index (κ2) is 12.2. The highest BCUT2D eigenvalue weighted by Gasteiger charge is 2.24. The molecule has 1 heterocycles. The minimum atomic E-state index is -0.772. The minimum absolute atomic E-state index is 0.105. The lowest BCUT2D eigenvalue weighted by molar-refractivity contribution is 0.0882. The summed E-state index contributed by atoms with van der Waals surface area (Å²) in [4.78, 5) is 0. The number of hydrogen-bond donors (Lipinski definition) is 2. The van der Waals surface area contributed by atoms with Crippen LogP contribution in [0.2, 0.25) is 0 Å². The molecule has 35 heavy (non-hydrogen) atoms. The molecule has 0 saturated heterocycles. The van der Waals surface area contributed by atoms with Crippen molar-refractivity contribution in [3.8, 4) is 11.5 Å². The van der Waals surface area contributed by atoms with Crippen LogP contribution < -0.4 is 9.47 Å². The zero-order valence-electron chi connectivity index (χ0n) is 20.0. The van der Waals surface area contributed by atoms with Crippen LogP contribution in [0.3, 0.4) is 0 Å². The lowest BCUT2D eigenvalue weighted by atomic mass is 9.78. The molecule has 0 bridgehead atoms. The van der Waals surface area contributed by atoms with Crippen LogP contribution in [0, 0.1) is 6.92 Å². The number of hydrogen-bond acceptors (Lipinski definition) is 6. The van der Waals surface area contributed by atoms with E-state index in [9.17, 15) is 10.2 Å². The van der Waals surface area contributed by atoms with Crippen LogP contribution in [-0.2, 0) is 18.6 Å². The van der Waals surface area contributed by atoms with E-state index >= 15 is 0 Å². The van der Waals surface area contributed by atoms with E-state index in [0.717, 1.165) is 21.3 Å². The highest BCUT2D eigenvalue weighted by molar-refractivity contribution is 9.10. The quantitative estimate of drug-likeness (QED) is 0.256. The van der Waals surface area contributed by atoms with E-state index in [-0.39, 0.29) is 37.7 Å². The number of nitrogens with zero attached hydrogens (tertiary/aromatic N) is 3. The fraction of sp³-hybridized carbons (Fsp3) is 0.440. The predicted octanol–water partition coefficient (Wildman–Crippen LogP) is 3.32. The molecule has 0 spiro atoms. The van der Waals surface area contributed by atoms with Gasteiger partial charge < -0.3 is 24.8 Å². The Kier molecular flexibility index (Phi) is 9.54. The topological polar surface area (TPSA) is 113 Å². The third-order valence-electron chi connectivity index (χ3n) is 5.91. The van der Waals surface area contributed by atoms with Gasteiger partial charge >= 0.3 is 0 Å². The molecule has 8 nitrogen and oxygen atoms in total. The molecule has 2 atom stereocenters. The fourth-order valence-electron chi connectivity index (χ4n) is 3.54. The van der Waals surface area contributed by atoms with Crippen molar-refractivity contribution in [1.82, 2.24) is 15.0 Å². The molecule has 0 amide bonds. The molecule has 3 rings (SSSR count). The van der Waals surface area contributed by atoms with Gasteiger partial charge in [0.25, 0.3) is 0 Å². The summed E-state index contributed by atoms with van der Waals surface area (Å²) >= 11 is 9.27. The predicted molar refractivity (Wildman–Crippen MR) is 139 cm³/mol. The number of rotatable bonds is 12. The van der Waals surface area contributed by atoms with Gasteiger partial charge in [0.2, 0.25) is 6.10 Å². The fourth-order valence-corrected chi connectivity index (χ4v) is 4.12. The Hall–Kier alpha value is -2.17. The van der Waals surface area contributed by atoms with Crippen LogP contribution >= 0.6 is 27.5 Å². The first-order chi connectivity index (χ1) is 16.6. The molecule has 190 valence electrons. The summed E-state index contributed by atoms with van der Waals surface area (Å²) in [6, 6.07) is 13.8. The molecule has 0 aliphatic carbocycles. The summed E-state index contributed by atoms with van der Waals surface area (Å²) in [5.74, 6) is 1.57. The van der Waals surface area contributed by atoms with Crippen LogP contribution in [-0.4, -0.2) is 61.6 Å². The third kappa shape index (κ3) is 6.95. The second-order valence-electron chi connectivity index (χ2n) is 8.88. The van der Waals surface area contributed by atoms with Crippen molar-refractivity contribution in [2.75, 3.05) is 19.1 Å². The molecular formula is C25H32BrClN3O5+. The maximum atomic E-state index is 10.3. The number of alkyl halides is 1. The SMILES string of the molecule is Cc1c(CO)nnn1C[C@@H](O)COc1ccc(C(C)(C)c2ccc(OC[C@@H]([OH2+])CCl)c(Br)c2)cc1. The molecule has 10 heteroatoms. The van der Waals surface area contributed by atoms with E-state index in [4.69, 9.17) is 26.2 Å². The van der Waals surface area contributed by atoms with E-state index in [0.29, 0.717) is 17.2 Å². The molecule has 0 unspecified atom stereocenters. The lowest BCUT2D eigenvalue weighted by Gasteiger charge is -2.27. The van der Waals surface area contributed by atoms with Crippen molar-refractivity contribution in [2.45, 2.75) is 51.5 Å². The normalized spacial score (nSPS) is 13.5. The van der Waals surface area contributed by atoms with Crippen molar-refractivity contribution in [1.29, 1.82) is 0 Å². The zero-order valence-corrected chi connectivity index (χ0v) is 22.4. The van der Waals surface area contributed by atoms with E-state index < -0.39 is 12.2 Å². The van der Waals surface area contributed by atoms with Crippen molar-refractivity contribution < 1.29 is 24.8 Å². The lowest BCUT2D eigenvalue weighted by Crippen LogP contribution is -2.25. The number of aliphatic hydroxyl groups is 2. The third-order valence-corrected chi connectivity index (χ3v) is 6.90. The molecule has 4 N–H and O–H groups in total. The largest absolute Gasteiger partial charge is 0.491 e. The molecular weight excluding hydrogens is 538 g/mol. The smallest absolute Gasteiger partial charge is 0.202 e. The zero-order chi connectivity index (χ0) is 25.6. The summed E-state index contributed by atoms with van der Waals surface area (Å²) in [6.07, 6.45) is -1.24. The molecule has 1 aromatic heterocycles. The highest BCUT2D eigenvalue weighted by atomic mass is 79.9. The molecule has 0 fully saturated rings. The Morgan fingerprint density at radius 1 is 1.11 bits per heavy atom. The van der Waals surface area contributed by atoms with Gasteiger partial charge in [-0.25, -0.2) is 4.68 Å². The van der Waals surface area contributed by atoms with Crippen molar-refractivity contribution in [3.05, 3.63) is 69.5 Å². The molecule has 0 saturated carbocycles. The number of ether oxygens (including phenoxy) is 2. The number of benzene rings is 2. The standard InChI is InChI=1S/C25H31BrClN3O5/c1-16-23(13-31)28-29-30(16)12-20(33)15-34-21-7-4-17(5-8-21)25(2,3)18-6-9-24(22(26)10-18)35-14-19(32)11-27/h4-10,19-20,31-33H,11-15H2,1-3H3/p+1/t19-,20+/m0/s1. The Bertz CT molecular complexity index is 1110. The summed E-state index contributed by atoms with van der Waals surface area (Å²) in [6.45, 7) is 6.47. The first-order valence-corrected chi connectivity index (χ1v) is 12.6. The van der Waals surface area contributed by atoms with Gasteiger partial charge in [-0.3, -0.25) is 0 Å². The Morgan fingerprint density at radius 2 is 1.80 bits per heavy atom. The Morgan fingerprint density at radius 3 is 2.40 bits per heavy atom. The van der Waals surface area contributed by atoms with E-state index in [1.165, 1.54) is 0 Å². The van der Waals surface area contributed by atoms with Crippen molar-refractivity contribution in [3.63, 3.8) is 0 Å². The molecule has 0 aliphatic rings. The monoisotopic (exact) mass is 568 g/mol. The first-order valence-electron chi connectivity index (χ1n) is 11.3. The van der Waals surface area contributed by atoms with Gasteiger partial charge in [0.15, 0.2) is 6.61 Å². The summed E-state index contributed by atoms with van der Waals surface area (Å²) < 4.78 is 13.9. The van der Waals surface area contributed by atoms with Gasteiger partial charge in [-0.15, -0.1) is 16.7 Å². The summed E-state index contributed by atoms with van der Waals surface area (Å²) in [5, 5.41) is 35.1. The van der Waals surface area contributed by atoms with Crippen molar-refractivity contribution >= 4 is 27.5 Å². The maximum Gasteiger partial charge on any atom is 0.202 e. The number of aromatic nitrogens is 3. The van der Waals surface area contributed by atoms with Crippen LogP contribution in [0.25, 0.3) is 0 Å². The van der Waals surface area contributed by atoms with Gasteiger partial charge in [0, 0.05) is 5.41 Å². The van der Waals surface area contributed by atoms with Gasteiger partial charge in [-0.2, -0.15) is 0 Å². The average molecular weight is 570 g/mol. The highest BCUT2D eigenvalue weighted by Crippen LogP contribution is 2.36. The average Bonchev–Trinajstić information content (AvgIpc) is 3.20.